The van der Waals surface area contributed by atoms with Gasteiger partial charge in [0.15, 0.2) is 0 Å². The number of rotatable bonds is 7. The van der Waals surface area contributed by atoms with Crippen LogP contribution in [0.4, 0.5) is 13.2 Å². The highest BCUT2D eigenvalue weighted by Crippen LogP contribution is 2.32. The summed E-state index contributed by atoms with van der Waals surface area (Å²) < 4.78 is 38.1. The fraction of sp³-hybridized carbons (Fsp3) is 0.235. The molecule has 0 aliphatic rings. The van der Waals surface area contributed by atoms with Crippen molar-refractivity contribution in [1.29, 1.82) is 0 Å². The van der Waals surface area contributed by atoms with Gasteiger partial charge in [0.1, 0.15) is 6.10 Å². The highest BCUT2D eigenvalue weighted by atomic mass is 19.4. The summed E-state index contributed by atoms with van der Waals surface area (Å²) in [6.45, 7) is 2.24. The van der Waals surface area contributed by atoms with E-state index in [-0.39, 0.29) is 0 Å². The highest BCUT2D eigenvalue weighted by Gasteiger charge is 2.30. The number of hydrazine groups is 1. The lowest BCUT2D eigenvalue weighted by atomic mass is 10.0. The largest absolute Gasteiger partial charge is 0.416 e. The van der Waals surface area contributed by atoms with Gasteiger partial charge >= 0.3 is 6.18 Å². The summed E-state index contributed by atoms with van der Waals surface area (Å²) in [4.78, 5) is 16.7. The zero-order valence-corrected chi connectivity index (χ0v) is 13.0. The molecule has 0 bridgehead atoms. The number of nitrogens with zero attached hydrogens (tertiary/aromatic N) is 1. The topological polar surface area (TPSA) is 41.6 Å². The van der Waals surface area contributed by atoms with Crippen molar-refractivity contribution >= 4 is 6.41 Å². The second-order valence-electron chi connectivity index (χ2n) is 4.96. The number of hydroxylamine groups is 1. The summed E-state index contributed by atoms with van der Waals surface area (Å²) in [6, 6.07) is 13.6. The number of amides is 1. The van der Waals surface area contributed by atoms with Crippen molar-refractivity contribution in [2.45, 2.75) is 19.2 Å². The molecule has 0 fully saturated rings. The lowest BCUT2D eigenvalue weighted by Gasteiger charge is -2.25. The Balaban J connectivity index is 2.33. The highest BCUT2D eigenvalue weighted by molar-refractivity contribution is 5.44. The van der Waals surface area contributed by atoms with E-state index in [0.717, 1.165) is 17.3 Å². The number of carbonyl (C=O) groups is 1. The van der Waals surface area contributed by atoms with Gasteiger partial charge in [-0.15, -0.1) is 0 Å². The van der Waals surface area contributed by atoms with Crippen molar-refractivity contribution in [2.24, 2.45) is 0 Å². The Hall–Kier alpha value is -2.38. The smallest absolute Gasteiger partial charge is 0.275 e. The third-order valence-electron chi connectivity index (χ3n) is 3.27. The van der Waals surface area contributed by atoms with E-state index in [4.69, 9.17) is 4.84 Å². The van der Waals surface area contributed by atoms with Crippen molar-refractivity contribution in [3.8, 4) is 0 Å². The molecule has 2 aromatic carbocycles. The van der Waals surface area contributed by atoms with Crippen molar-refractivity contribution < 1.29 is 22.8 Å². The van der Waals surface area contributed by atoms with Crippen LogP contribution in [0.15, 0.2) is 54.6 Å². The van der Waals surface area contributed by atoms with Crippen LogP contribution in [-0.4, -0.2) is 18.1 Å². The van der Waals surface area contributed by atoms with E-state index in [0.29, 0.717) is 24.1 Å². The lowest BCUT2D eigenvalue weighted by Crippen LogP contribution is -2.38. The Labute approximate surface area is 137 Å². The molecule has 0 aliphatic carbocycles. The first kappa shape index (κ1) is 18.0. The van der Waals surface area contributed by atoms with Crippen LogP contribution in [0.25, 0.3) is 0 Å². The number of nitrogens with one attached hydrogen (secondary N) is 1. The lowest BCUT2D eigenvalue weighted by molar-refractivity contribution is -0.209. The van der Waals surface area contributed by atoms with Crippen molar-refractivity contribution in [1.82, 2.24) is 10.6 Å². The number of alkyl halides is 3. The van der Waals surface area contributed by atoms with Crippen LogP contribution in [0.5, 0.6) is 0 Å². The fourth-order valence-electron chi connectivity index (χ4n) is 2.16. The Morgan fingerprint density at radius 2 is 1.67 bits per heavy atom. The second kappa shape index (κ2) is 7.94. The van der Waals surface area contributed by atoms with E-state index in [9.17, 15) is 18.0 Å². The average Bonchev–Trinajstić information content (AvgIpc) is 2.59. The zero-order chi connectivity index (χ0) is 17.6. The van der Waals surface area contributed by atoms with Crippen LogP contribution in [0, 0.1) is 0 Å². The quantitative estimate of drug-likeness (QED) is 0.618. The van der Waals surface area contributed by atoms with Gasteiger partial charge in [0, 0.05) is 6.54 Å². The normalized spacial score (nSPS) is 12.7. The van der Waals surface area contributed by atoms with Crippen LogP contribution in [0.3, 0.4) is 0 Å². The van der Waals surface area contributed by atoms with Crippen LogP contribution in [-0.2, 0) is 15.8 Å². The molecule has 128 valence electrons. The maximum absolute atomic E-state index is 12.7. The maximum atomic E-state index is 12.7. The average molecular weight is 338 g/mol. The molecule has 2 aromatic rings. The summed E-state index contributed by atoms with van der Waals surface area (Å²) in [5.41, 5.74) is 3.17. The van der Waals surface area contributed by atoms with E-state index < -0.39 is 17.8 Å². The van der Waals surface area contributed by atoms with Gasteiger partial charge < -0.3 is 0 Å². The monoisotopic (exact) mass is 338 g/mol. The second-order valence-corrected chi connectivity index (χ2v) is 4.96. The summed E-state index contributed by atoms with van der Waals surface area (Å²) in [6.07, 6.45) is -4.67. The molecule has 0 radical (unpaired) electrons. The summed E-state index contributed by atoms with van der Waals surface area (Å²) >= 11 is 0. The first-order chi connectivity index (χ1) is 11.5. The van der Waals surface area contributed by atoms with Crippen molar-refractivity contribution in [3.63, 3.8) is 0 Å². The first-order valence-electron chi connectivity index (χ1n) is 7.32. The van der Waals surface area contributed by atoms with Crippen molar-refractivity contribution in [2.75, 3.05) is 6.54 Å². The zero-order valence-electron chi connectivity index (χ0n) is 13.0. The Bertz CT molecular complexity index is 645. The van der Waals surface area contributed by atoms with Gasteiger partial charge in [-0.2, -0.15) is 18.3 Å². The minimum atomic E-state index is -4.40. The van der Waals surface area contributed by atoms with Gasteiger partial charge in [0.2, 0.25) is 6.41 Å². The van der Waals surface area contributed by atoms with Gasteiger partial charge in [-0.25, -0.2) is 10.3 Å². The van der Waals surface area contributed by atoms with E-state index in [2.05, 4.69) is 5.43 Å². The Kier molecular flexibility index (Phi) is 5.94. The Morgan fingerprint density at radius 1 is 1.08 bits per heavy atom. The van der Waals surface area contributed by atoms with Crippen LogP contribution in [0.2, 0.25) is 0 Å². The molecule has 0 aliphatic heterocycles. The van der Waals surface area contributed by atoms with Crippen LogP contribution in [0.1, 0.15) is 29.7 Å². The number of carbonyl (C=O) groups excluding carboxylic acids is 1. The number of benzene rings is 2. The van der Waals surface area contributed by atoms with Gasteiger partial charge in [-0.1, -0.05) is 49.4 Å². The summed E-state index contributed by atoms with van der Waals surface area (Å²) in [5.74, 6) is 0. The third kappa shape index (κ3) is 4.56. The minimum absolute atomic E-state index is 0.452. The molecule has 1 atom stereocenters. The minimum Gasteiger partial charge on any atom is -0.275 e. The molecule has 1 N–H and O–H groups in total. The molecule has 1 unspecified atom stereocenters. The molecule has 4 nitrogen and oxygen atoms in total. The number of hydrogen-bond acceptors (Lipinski definition) is 3. The third-order valence-corrected chi connectivity index (χ3v) is 3.27. The molecule has 0 saturated carbocycles. The molecular formula is C17H17F3N2O2. The predicted molar refractivity (Wildman–Crippen MR) is 82.4 cm³/mol. The number of halogens is 3. The molecule has 7 heteroatoms. The molecule has 24 heavy (non-hydrogen) atoms. The van der Waals surface area contributed by atoms with Gasteiger partial charge in [0.05, 0.1) is 5.56 Å². The van der Waals surface area contributed by atoms with Gasteiger partial charge in [0.25, 0.3) is 0 Å². The molecular weight excluding hydrogens is 321 g/mol. The van der Waals surface area contributed by atoms with Crippen LogP contribution < -0.4 is 5.43 Å². The number of hydrogen-bond donors (Lipinski definition) is 1. The maximum Gasteiger partial charge on any atom is 0.416 e. The fourth-order valence-corrected chi connectivity index (χ4v) is 2.16. The van der Waals surface area contributed by atoms with Gasteiger partial charge in [-0.3, -0.25) is 4.79 Å². The molecule has 0 saturated heterocycles. The standard InChI is InChI=1S/C17H17F3N2O2/c1-2-21-22(12-23)24-16(13-6-4-3-5-7-13)14-8-10-15(11-9-14)17(18,19)20/h3-12,16,21H,2H2,1H3. The van der Waals surface area contributed by atoms with Crippen LogP contribution >= 0.6 is 0 Å². The SMILES string of the molecule is CCNN(C=O)OC(c1ccccc1)c1ccc(C(F)(F)F)cc1. The van der Waals surface area contributed by atoms with Gasteiger partial charge in [-0.05, 0) is 23.3 Å². The van der Waals surface area contributed by atoms with Crippen molar-refractivity contribution in [3.05, 3.63) is 71.3 Å². The predicted octanol–water partition coefficient (Wildman–Crippen LogP) is 3.71. The molecule has 1 amide bonds. The first-order valence-corrected chi connectivity index (χ1v) is 7.32. The molecule has 2 rings (SSSR count). The van der Waals surface area contributed by atoms with E-state index >= 15 is 0 Å². The molecule has 0 aromatic heterocycles. The Morgan fingerprint density at radius 3 is 2.17 bits per heavy atom. The molecule has 0 heterocycles. The van der Waals surface area contributed by atoms with E-state index in [1.165, 1.54) is 12.1 Å². The summed E-state index contributed by atoms with van der Waals surface area (Å²) in [5, 5.41) is 0.912. The molecule has 0 spiro atoms. The summed E-state index contributed by atoms with van der Waals surface area (Å²) in [7, 11) is 0. The van der Waals surface area contributed by atoms with E-state index in [1.54, 1.807) is 31.2 Å². The van der Waals surface area contributed by atoms with E-state index in [1.807, 2.05) is 6.07 Å².